The van der Waals surface area contributed by atoms with E-state index in [4.69, 9.17) is 9.26 Å². The van der Waals surface area contributed by atoms with Gasteiger partial charge in [-0.2, -0.15) is 0 Å². The van der Waals surface area contributed by atoms with Crippen LogP contribution >= 0.6 is 0 Å². The monoisotopic (exact) mass is 296 g/mol. The molecule has 0 aliphatic carbocycles. The number of ether oxygens (including phenoxy) is 2. The lowest BCUT2D eigenvalue weighted by Gasteiger charge is -2.31. The predicted molar refractivity (Wildman–Crippen MR) is 73.0 cm³/mol. The Morgan fingerprint density at radius 3 is 2.76 bits per heavy atom. The molecule has 0 radical (unpaired) electrons. The molecule has 1 fully saturated rings. The first-order valence-corrected chi connectivity index (χ1v) is 6.90. The van der Waals surface area contributed by atoms with Gasteiger partial charge in [-0.25, -0.2) is 4.79 Å². The van der Waals surface area contributed by atoms with Gasteiger partial charge < -0.3 is 18.9 Å². The third-order valence-electron chi connectivity index (χ3n) is 3.45. The van der Waals surface area contributed by atoms with Gasteiger partial charge in [0.1, 0.15) is 5.56 Å². The SMILES string of the molecule is COC(=O)C1CN(C(=O)c2c(C)noc2C(C)C)CCO1. The summed E-state index contributed by atoms with van der Waals surface area (Å²) >= 11 is 0. The molecule has 1 aromatic heterocycles. The number of aryl methyl sites for hydroxylation is 1. The van der Waals surface area contributed by atoms with Crippen molar-refractivity contribution in [3.05, 3.63) is 17.0 Å². The fourth-order valence-corrected chi connectivity index (χ4v) is 2.31. The Bertz CT molecular complexity index is 537. The number of methoxy groups -OCH3 is 1. The van der Waals surface area contributed by atoms with E-state index in [-0.39, 0.29) is 18.4 Å². The Morgan fingerprint density at radius 2 is 2.14 bits per heavy atom. The zero-order valence-electron chi connectivity index (χ0n) is 12.7. The summed E-state index contributed by atoms with van der Waals surface area (Å²) in [7, 11) is 1.30. The summed E-state index contributed by atoms with van der Waals surface area (Å²) in [6, 6.07) is 0. The van der Waals surface area contributed by atoms with Gasteiger partial charge >= 0.3 is 5.97 Å². The molecular formula is C14H20N2O5. The Kier molecular flexibility index (Phi) is 4.62. The minimum absolute atomic E-state index is 0.0580. The fraction of sp³-hybridized carbons (Fsp3) is 0.643. The van der Waals surface area contributed by atoms with Crippen LogP contribution in [-0.2, 0) is 14.3 Å². The summed E-state index contributed by atoms with van der Waals surface area (Å²) in [5, 5.41) is 3.88. The first-order valence-electron chi connectivity index (χ1n) is 6.90. The maximum Gasteiger partial charge on any atom is 0.336 e. The number of aromatic nitrogens is 1. The molecule has 0 aromatic carbocycles. The molecule has 0 saturated carbocycles. The van der Waals surface area contributed by atoms with E-state index in [9.17, 15) is 9.59 Å². The molecule has 0 bridgehead atoms. The van der Waals surface area contributed by atoms with Crippen molar-refractivity contribution in [1.82, 2.24) is 10.1 Å². The molecular weight excluding hydrogens is 276 g/mol. The quantitative estimate of drug-likeness (QED) is 0.777. The Balaban J connectivity index is 2.20. The second-order valence-corrected chi connectivity index (χ2v) is 5.30. The number of nitrogens with zero attached hydrogens (tertiary/aromatic N) is 2. The predicted octanol–water partition coefficient (Wildman–Crippen LogP) is 1.12. The van der Waals surface area contributed by atoms with Crippen molar-refractivity contribution in [2.24, 2.45) is 0 Å². The molecule has 21 heavy (non-hydrogen) atoms. The Labute approximate surface area is 123 Å². The van der Waals surface area contributed by atoms with Gasteiger partial charge in [0.25, 0.3) is 5.91 Å². The number of rotatable bonds is 3. The van der Waals surface area contributed by atoms with Gasteiger partial charge in [0.2, 0.25) is 0 Å². The Morgan fingerprint density at radius 1 is 1.43 bits per heavy atom. The van der Waals surface area contributed by atoms with Gasteiger partial charge in [-0.05, 0) is 6.92 Å². The van der Waals surface area contributed by atoms with Crippen LogP contribution in [-0.4, -0.2) is 54.8 Å². The molecule has 1 aliphatic heterocycles. The van der Waals surface area contributed by atoms with Gasteiger partial charge in [-0.1, -0.05) is 19.0 Å². The Hall–Kier alpha value is -1.89. The van der Waals surface area contributed by atoms with E-state index in [0.717, 1.165) is 0 Å². The normalized spacial score (nSPS) is 18.9. The van der Waals surface area contributed by atoms with Crippen molar-refractivity contribution in [2.45, 2.75) is 32.8 Å². The van der Waals surface area contributed by atoms with Crippen LogP contribution in [0.5, 0.6) is 0 Å². The maximum absolute atomic E-state index is 12.7. The van der Waals surface area contributed by atoms with Crippen molar-refractivity contribution >= 4 is 11.9 Å². The smallest absolute Gasteiger partial charge is 0.336 e. The lowest BCUT2D eigenvalue weighted by atomic mass is 10.0. The molecule has 7 nitrogen and oxygen atoms in total. The summed E-state index contributed by atoms with van der Waals surface area (Å²) in [6.07, 6.45) is -0.740. The fourth-order valence-electron chi connectivity index (χ4n) is 2.31. The van der Waals surface area contributed by atoms with Crippen molar-refractivity contribution in [1.29, 1.82) is 0 Å². The van der Waals surface area contributed by atoms with Crippen molar-refractivity contribution in [3.63, 3.8) is 0 Å². The number of amides is 1. The van der Waals surface area contributed by atoms with Gasteiger partial charge in [0.05, 0.1) is 26.0 Å². The summed E-state index contributed by atoms with van der Waals surface area (Å²) in [4.78, 5) is 25.8. The van der Waals surface area contributed by atoms with Crippen LogP contribution in [0.4, 0.5) is 0 Å². The molecule has 2 heterocycles. The minimum atomic E-state index is -0.740. The minimum Gasteiger partial charge on any atom is -0.467 e. The van der Waals surface area contributed by atoms with Crippen LogP contribution in [0.2, 0.25) is 0 Å². The lowest BCUT2D eigenvalue weighted by Crippen LogP contribution is -2.49. The number of morpholine rings is 1. The van der Waals surface area contributed by atoms with Crippen LogP contribution in [0.1, 0.15) is 41.6 Å². The number of carbonyl (C=O) groups is 2. The average Bonchev–Trinajstić information content (AvgIpc) is 2.87. The van der Waals surface area contributed by atoms with Gasteiger partial charge in [-0.3, -0.25) is 4.79 Å². The van der Waals surface area contributed by atoms with E-state index in [2.05, 4.69) is 9.89 Å². The zero-order chi connectivity index (χ0) is 15.6. The maximum atomic E-state index is 12.7. The topological polar surface area (TPSA) is 81.9 Å². The number of hydrogen-bond donors (Lipinski definition) is 0. The first kappa shape index (κ1) is 15.5. The molecule has 1 atom stereocenters. The summed E-state index contributed by atoms with van der Waals surface area (Å²) in [6.45, 7) is 6.51. The molecule has 7 heteroatoms. The standard InChI is InChI=1S/C14H20N2O5/c1-8(2)12-11(9(3)15-21-12)13(17)16-5-6-20-10(7-16)14(18)19-4/h8,10H,5-7H2,1-4H3. The zero-order valence-corrected chi connectivity index (χ0v) is 12.7. The first-order chi connectivity index (χ1) is 9.95. The van der Waals surface area contributed by atoms with Gasteiger partial charge in [-0.15, -0.1) is 0 Å². The van der Waals surface area contributed by atoms with Crippen LogP contribution in [0, 0.1) is 6.92 Å². The second-order valence-electron chi connectivity index (χ2n) is 5.30. The van der Waals surface area contributed by atoms with Crippen molar-refractivity contribution in [3.8, 4) is 0 Å². The average molecular weight is 296 g/mol. The highest BCUT2D eigenvalue weighted by Crippen LogP contribution is 2.24. The summed E-state index contributed by atoms with van der Waals surface area (Å²) in [5.41, 5.74) is 1.04. The van der Waals surface area contributed by atoms with Crippen LogP contribution in [0.15, 0.2) is 4.52 Å². The van der Waals surface area contributed by atoms with Crippen LogP contribution < -0.4 is 0 Å². The lowest BCUT2D eigenvalue weighted by molar-refractivity contribution is -0.158. The molecule has 1 aromatic rings. The van der Waals surface area contributed by atoms with Crippen LogP contribution in [0.3, 0.4) is 0 Å². The molecule has 116 valence electrons. The van der Waals surface area contributed by atoms with Crippen molar-refractivity contribution in [2.75, 3.05) is 26.8 Å². The molecule has 1 saturated heterocycles. The van der Waals surface area contributed by atoms with E-state index in [1.54, 1.807) is 11.8 Å². The highest BCUT2D eigenvalue weighted by Gasteiger charge is 2.33. The van der Waals surface area contributed by atoms with Gasteiger partial charge in [0.15, 0.2) is 11.9 Å². The largest absolute Gasteiger partial charge is 0.467 e. The van der Waals surface area contributed by atoms with E-state index in [0.29, 0.717) is 30.2 Å². The molecule has 2 rings (SSSR count). The summed E-state index contributed by atoms with van der Waals surface area (Å²) < 4.78 is 15.2. The van der Waals surface area contributed by atoms with E-state index in [1.807, 2.05) is 13.8 Å². The van der Waals surface area contributed by atoms with E-state index >= 15 is 0 Å². The number of esters is 1. The molecule has 1 amide bonds. The molecule has 0 N–H and O–H groups in total. The van der Waals surface area contributed by atoms with Gasteiger partial charge in [0, 0.05) is 12.5 Å². The highest BCUT2D eigenvalue weighted by molar-refractivity contribution is 5.96. The number of carbonyl (C=O) groups excluding carboxylic acids is 2. The van der Waals surface area contributed by atoms with Crippen molar-refractivity contribution < 1.29 is 23.6 Å². The summed E-state index contributed by atoms with van der Waals surface area (Å²) in [5.74, 6) is -0.0329. The third kappa shape index (κ3) is 3.07. The van der Waals surface area contributed by atoms with E-state index < -0.39 is 12.1 Å². The highest BCUT2D eigenvalue weighted by atomic mass is 16.6. The molecule has 1 aliphatic rings. The molecule has 0 spiro atoms. The third-order valence-corrected chi connectivity index (χ3v) is 3.45. The van der Waals surface area contributed by atoms with E-state index in [1.165, 1.54) is 7.11 Å². The molecule has 1 unspecified atom stereocenters. The van der Waals surface area contributed by atoms with Crippen LogP contribution in [0.25, 0.3) is 0 Å². The number of hydrogen-bond acceptors (Lipinski definition) is 6. The second kappa shape index (κ2) is 6.26.